The topological polar surface area (TPSA) is 173 Å². The molecule has 0 saturated heterocycles. The summed E-state index contributed by atoms with van der Waals surface area (Å²) in [6.45, 7) is 9.84. The fraction of sp³-hybridized carbons (Fsp3) is 0.409. The minimum atomic E-state index is -0.818. The van der Waals surface area contributed by atoms with Crippen LogP contribution in [0, 0.1) is 5.41 Å². The molecule has 2 rings (SSSR count). The molecule has 10 heteroatoms. The van der Waals surface area contributed by atoms with Crippen LogP contribution >= 0.6 is 0 Å². The summed E-state index contributed by atoms with van der Waals surface area (Å²) in [5, 5.41) is 17.9. The molecule has 0 aliphatic carbocycles. The maximum atomic E-state index is 12.3. The highest BCUT2D eigenvalue weighted by Gasteiger charge is 2.23. The number of carbonyl (C=O) groups is 2. The molecule has 0 bridgehead atoms. The summed E-state index contributed by atoms with van der Waals surface area (Å²) in [6, 6.07) is 4.86. The molecule has 10 nitrogen and oxygen atoms in total. The Hall–Kier alpha value is -3.69. The summed E-state index contributed by atoms with van der Waals surface area (Å²) in [6.07, 6.45) is 2.27. The number of anilines is 1. The number of hydrogen-bond donors (Lipinski definition) is 5. The highest BCUT2D eigenvalue weighted by molar-refractivity contribution is 6.26. The number of pyridine rings is 1. The Labute approximate surface area is 187 Å². The zero-order chi connectivity index (χ0) is 24.1. The third kappa shape index (κ3) is 6.16. The van der Waals surface area contributed by atoms with Crippen molar-refractivity contribution >= 4 is 23.4 Å². The molecular formula is C22H31N7O3. The minimum Gasteiger partial charge on any atom is -0.385 e. The molecule has 0 spiro atoms. The fourth-order valence-electron chi connectivity index (χ4n) is 2.78. The maximum absolute atomic E-state index is 12.3. The zero-order valence-electron chi connectivity index (χ0n) is 19.1. The first-order valence-electron chi connectivity index (χ1n) is 10.3. The van der Waals surface area contributed by atoms with Crippen LogP contribution < -0.4 is 22.1 Å². The van der Waals surface area contributed by atoms with Gasteiger partial charge in [0.25, 0.3) is 5.91 Å². The lowest BCUT2D eigenvalue weighted by molar-refractivity contribution is -0.116. The summed E-state index contributed by atoms with van der Waals surface area (Å²) < 4.78 is 5.21. The van der Waals surface area contributed by atoms with Gasteiger partial charge in [-0.1, -0.05) is 25.9 Å². The molecule has 0 radical (unpaired) electrons. The molecule has 0 atom stereocenters. The Balaban J connectivity index is 2.08. The van der Waals surface area contributed by atoms with E-state index in [9.17, 15) is 9.59 Å². The van der Waals surface area contributed by atoms with Crippen LogP contribution in [0.1, 0.15) is 58.0 Å². The van der Waals surface area contributed by atoms with E-state index in [1.807, 2.05) is 27.7 Å². The van der Waals surface area contributed by atoms with Crippen LogP contribution in [0.15, 0.2) is 40.3 Å². The highest BCUT2D eigenvalue weighted by atomic mass is 16.5. The lowest BCUT2D eigenvalue weighted by Gasteiger charge is -2.18. The van der Waals surface area contributed by atoms with Gasteiger partial charge in [0.1, 0.15) is 11.4 Å². The molecule has 7 N–H and O–H groups in total. The molecular weight excluding hydrogens is 410 g/mol. The van der Waals surface area contributed by atoms with Gasteiger partial charge in [-0.15, -0.1) is 0 Å². The van der Waals surface area contributed by atoms with Crippen molar-refractivity contribution in [1.82, 2.24) is 15.5 Å². The van der Waals surface area contributed by atoms with Gasteiger partial charge in [-0.05, 0) is 32.4 Å². The van der Waals surface area contributed by atoms with Gasteiger partial charge in [0, 0.05) is 35.0 Å². The molecule has 2 aromatic heterocycles. The van der Waals surface area contributed by atoms with Crippen molar-refractivity contribution in [2.75, 3.05) is 5.32 Å². The second-order valence-electron chi connectivity index (χ2n) is 8.40. The average Bonchev–Trinajstić information content (AvgIpc) is 3.16. The van der Waals surface area contributed by atoms with Crippen LogP contribution in [0.4, 0.5) is 5.88 Å². The van der Waals surface area contributed by atoms with Gasteiger partial charge in [-0.3, -0.25) is 25.3 Å². The van der Waals surface area contributed by atoms with Crippen LogP contribution in [-0.2, 0) is 21.4 Å². The first-order valence-corrected chi connectivity index (χ1v) is 10.3. The second kappa shape index (κ2) is 10.1. The lowest BCUT2D eigenvalue weighted by atomic mass is 9.87. The minimum absolute atomic E-state index is 0.00359. The first kappa shape index (κ1) is 24.6. The van der Waals surface area contributed by atoms with Gasteiger partial charge in [-0.25, -0.2) is 0 Å². The standard InChI is InChI=1S/C22H31N7O3/c1-6-22(4,5)15-10-17(32-29-15)28-16(30)9-14-8-7-13(11-26-14)19(23)18(21(25)31)20(24)27-12(2)3/h7-8,10-12,23,27H,6,9,24H2,1-5H3,(H2,25,31)(H,28,30)/b20-18+,23-19?. The normalized spacial score (nSPS) is 12.3. The number of carbonyl (C=O) groups excluding carboxylic acids is 2. The Morgan fingerprint density at radius 1 is 1.25 bits per heavy atom. The van der Waals surface area contributed by atoms with Gasteiger partial charge < -0.3 is 21.3 Å². The predicted octanol–water partition coefficient (Wildman–Crippen LogP) is 1.96. The third-order valence-electron chi connectivity index (χ3n) is 5.02. The van der Waals surface area contributed by atoms with Crippen LogP contribution in [0.2, 0.25) is 0 Å². The van der Waals surface area contributed by atoms with E-state index < -0.39 is 5.91 Å². The Kier molecular flexibility index (Phi) is 7.74. The van der Waals surface area contributed by atoms with E-state index >= 15 is 0 Å². The average molecular weight is 442 g/mol. The Bertz CT molecular complexity index is 1020. The zero-order valence-corrected chi connectivity index (χ0v) is 19.1. The number of amides is 2. The van der Waals surface area contributed by atoms with Crippen molar-refractivity contribution in [1.29, 1.82) is 5.41 Å². The van der Waals surface area contributed by atoms with Gasteiger partial charge in [-0.2, -0.15) is 0 Å². The highest BCUT2D eigenvalue weighted by Crippen LogP contribution is 2.27. The molecule has 0 aromatic carbocycles. The van der Waals surface area contributed by atoms with Crippen LogP contribution in [0.25, 0.3) is 0 Å². The monoisotopic (exact) mass is 441 g/mol. The van der Waals surface area contributed by atoms with E-state index in [1.54, 1.807) is 18.2 Å². The van der Waals surface area contributed by atoms with Crippen molar-refractivity contribution in [3.8, 4) is 0 Å². The molecule has 0 fully saturated rings. The molecule has 0 aliphatic rings. The molecule has 172 valence electrons. The van der Waals surface area contributed by atoms with Crippen molar-refractivity contribution in [3.05, 3.63) is 52.7 Å². The van der Waals surface area contributed by atoms with Gasteiger partial charge in [0.05, 0.1) is 17.8 Å². The quantitative estimate of drug-likeness (QED) is 0.277. The van der Waals surface area contributed by atoms with E-state index in [4.69, 9.17) is 21.4 Å². The van der Waals surface area contributed by atoms with E-state index in [0.717, 1.165) is 12.1 Å². The van der Waals surface area contributed by atoms with Gasteiger partial charge >= 0.3 is 0 Å². The summed E-state index contributed by atoms with van der Waals surface area (Å²) in [5.74, 6) is -0.838. The van der Waals surface area contributed by atoms with E-state index in [1.165, 1.54) is 6.20 Å². The van der Waals surface area contributed by atoms with Crippen LogP contribution in [0.5, 0.6) is 0 Å². The van der Waals surface area contributed by atoms with Crippen molar-refractivity contribution < 1.29 is 14.1 Å². The number of nitrogens with two attached hydrogens (primary N) is 2. The maximum Gasteiger partial charge on any atom is 0.254 e. The molecule has 0 saturated carbocycles. The largest absolute Gasteiger partial charge is 0.385 e. The number of nitrogens with zero attached hydrogens (tertiary/aromatic N) is 2. The van der Waals surface area contributed by atoms with E-state index in [0.29, 0.717) is 11.3 Å². The molecule has 2 amide bonds. The predicted molar refractivity (Wildman–Crippen MR) is 122 cm³/mol. The SMILES string of the molecule is CCC(C)(C)c1cc(NC(=O)Cc2ccc(C(=N)/C(C(N)=O)=C(/N)NC(C)C)cn2)on1. The van der Waals surface area contributed by atoms with Crippen LogP contribution in [0.3, 0.4) is 0 Å². The summed E-state index contributed by atoms with van der Waals surface area (Å²) in [5.41, 5.74) is 12.5. The second-order valence-corrected chi connectivity index (χ2v) is 8.40. The molecule has 0 aliphatic heterocycles. The number of rotatable bonds is 10. The van der Waals surface area contributed by atoms with E-state index in [2.05, 4.69) is 27.7 Å². The Morgan fingerprint density at radius 3 is 2.47 bits per heavy atom. The van der Waals surface area contributed by atoms with Crippen LogP contribution in [-0.4, -0.2) is 33.7 Å². The molecule has 32 heavy (non-hydrogen) atoms. The smallest absolute Gasteiger partial charge is 0.254 e. The number of nitrogens with one attached hydrogen (secondary N) is 3. The van der Waals surface area contributed by atoms with E-state index in [-0.39, 0.29) is 46.8 Å². The number of primary amides is 1. The fourth-order valence-corrected chi connectivity index (χ4v) is 2.78. The van der Waals surface area contributed by atoms with Crippen molar-refractivity contribution in [3.63, 3.8) is 0 Å². The Morgan fingerprint density at radius 2 is 1.94 bits per heavy atom. The summed E-state index contributed by atoms with van der Waals surface area (Å²) >= 11 is 0. The number of hydrogen-bond acceptors (Lipinski definition) is 8. The third-order valence-corrected chi connectivity index (χ3v) is 5.02. The summed E-state index contributed by atoms with van der Waals surface area (Å²) in [4.78, 5) is 28.4. The van der Waals surface area contributed by atoms with Crippen molar-refractivity contribution in [2.45, 2.75) is 58.9 Å². The number of aromatic nitrogens is 2. The van der Waals surface area contributed by atoms with Crippen molar-refractivity contribution in [2.24, 2.45) is 11.5 Å². The van der Waals surface area contributed by atoms with Gasteiger partial charge in [0.2, 0.25) is 11.8 Å². The van der Waals surface area contributed by atoms with Gasteiger partial charge in [0.15, 0.2) is 0 Å². The molecule has 2 heterocycles. The molecule has 0 unspecified atom stereocenters. The lowest BCUT2D eigenvalue weighted by Crippen LogP contribution is -2.34. The summed E-state index contributed by atoms with van der Waals surface area (Å²) in [7, 11) is 0. The molecule has 2 aromatic rings. The first-order chi connectivity index (χ1) is 14.9.